The molecule has 7 nitrogen and oxygen atoms in total. The minimum absolute atomic E-state index is 0.109. The molecule has 1 aliphatic heterocycles. The number of nitrogens with zero attached hydrogens (tertiary/aromatic N) is 2. The molecule has 0 aromatic heterocycles. The molecule has 1 heterocycles. The van der Waals surface area contributed by atoms with Crippen molar-refractivity contribution in [3.05, 3.63) is 34.4 Å². The monoisotopic (exact) mass is 320 g/mol. The van der Waals surface area contributed by atoms with Crippen molar-refractivity contribution in [1.29, 1.82) is 0 Å². The smallest absolute Gasteiger partial charge is 0.319 e. The molecule has 0 unspecified atom stereocenters. The lowest BCUT2D eigenvalue weighted by atomic mass is 10.0. The summed E-state index contributed by atoms with van der Waals surface area (Å²) in [5.74, 6) is 0.430. The first kappa shape index (κ1) is 17.2. The van der Waals surface area contributed by atoms with Crippen molar-refractivity contribution in [3.63, 3.8) is 0 Å². The summed E-state index contributed by atoms with van der Waals surface area (Å²) in [6.45, 7) is 6.95. The van der Waals surface area contributed by atoms with E-state index in [1.54, 1.807) is 12.1 Å². The largest absolute Gasteiger partial charge is 0.336 e. The summed E-state index contributed by atoms with van der Waals surface area (Å²) in [5.41, 5.74) is 0.0971. The number of carbonyl (C=O) groups is 1. The SMILES string of the molecule is CC(C)[C@H](CNC(=O)Nc1ccccc1[N+](=O)[O-])N1CCCC1. The summed E-state index contributed by atoms with van der Waals surface area (Å²) >= 11 is 0. The molecule has 0 radical (unpaired) electrons. The Hall–Kier alpha value is -2.15. The second-order valence-electron chi connectivity index (χ2n) is 6.16. The molecule has 0 spiro atoms. The molecule has 7 heteroatoms. The lowest BCUT2D eigenvalue weighted by Gasteiger charge is -2.30. The van der Waals surface area contributed by atoms with Gasteiger partial charge in [-0.2, -0.15) is 0 Å². The Morgan fingerprint density at radius 3 is 2.57 bits per heavy atom. The van der Waals surface area contributed by atoms with Crippen LogP contribution in [0.2, 0.25) is 0 Å². The minimum atomic E-state index is -0.503. The van der Waals surface area contributed by atoms with Crippen LogP contribution in [0.15, 0.2) is 24.3 Å². The third kappa shape index (κ3) is 4.66. The van der Waals surface area contributed by atoms with E-state index in [0.29, 0.717) is 12.5 Å². The van der Waals surface area contributed by atoms with Crippen LogP contribution in [0.25, 0.3) is 0 Å². The predicted octanol–water partition coefficient (Wildman–Crippen LogP) is 2.84. The maximum Gasteiger partial charge on any atom is 0.319 e. The minimum Gasteiger partial charge on any atom is -0.336 e. The van der Waals surface area contributed by atoms with Gasteiger partial charge < -0.3 is 10.6 Å². The van der Waals surface area contributed by atoms with Crippen LogP contribution in [0.3, 0.4) is 0 Å². The number of carbonyl (C=O) groups excluding carboxylic acids is 1. The molecule has 2 N–H and O–H groups in total. The van der Waals surface area contributed by atoms with Gasteiger partial charge >= 0.3 is 6.03 Å². The first-order valence-electron chi connectivity index (χ1n) is 8.01. The van der Waals surface area contributed by atoms with Crippen molar-refractivity contribution < 1.29 is 9.72 Å². The van der Waals surface area contributed by atoms with Gasteiger partial charge in [-0.15, -0.1) is 0 Å². The van der Waals surface area contributed by atoms with Gasteiger partial charge in [-0.05, 0) is 37.9 Å². The number of rotatable bonds is 6. The maximum absolute atomic E-state index is 12.1. The van der Waals surface area contributed by atoms with Crippen molar-refractivity contribution in [1.82, 2.24) is 10.2 Å². The number of likely N-dealkylation sites (tertiary alicyclic amines) is 1. The highest BCUT2D eigenvalue weighted by atomic mass is 16.6. The molecular weight excluding hydrogens is 296 g/mol. The average molecular weight is 320 g/mol. The zero-order chi connectivity index (χ0) is 16.8. The molecule has 1 saturated heterocycles. The van der Waals surface area contributed by atoms with Crippen molar-refractivity contribution in [2.75, 3.05) is 25.0 Å². The fourth-order valence-corrected chi connectivity index (χ4v) is 2.96. The number of hydrogen-bond donors (Lipinski definition) is 2. The molecule has 0 saturated carbocycles. The van der Waals surface area contributed by atoms with Gasteiger partial charge in [0.05, 0.1) is 4.92 Å². The number of anilines is 1. The molecule has 126 valence electrons. The van der Waals surface area contributed by atoms with E-state index in [-0.39, 0.29) is 17.4 Å². The Bertz CT molecular complexity index is 556. The molecule has 1 atom stereocenters. The zero-order valence-electron chi connectivity index (χ0n) is 13.6. The summed E-state index contributed by atoms with van der Waals surface area (Å²) in [5, 5.41) is 16.4. The van der Waals surface area contributed by atoms with E-state index in [4.69, 9.17) is 0 Å². The lowest BCUT2D eigenvalue weighted by molar-refractivity contribution is -0.383. The fourth-order valence-electron chi connectivity index (χ4n) is 2.96. The van der Waals surface area contributed by atoms with Crippen molar-refractivity contribution in [2.24, 2.45) is 5.92 Å². The second-order valence-corrected chi connectivity index (χ2v) is 6.16. The van der Waals surface area contributed by atoms with Crippen LogP contribution in [0.4, 0.5) is 16.2 Å². The van der Waals surface area contributed by atoms with Gasteiger partial charge in [0.2, 0.25) is 0 Å². The summed E-state index contributed by atoms with van der Waals surface area (Å²) < 4.78 is 0. The van der Waals surface area contributed by atoms with Gasteiger partial charge in [0.1, 0.15) is 5.69 Å². The highest BCUT2D eigenvalue weighted by Crippen LogP contribution is 2.23. The van der Waals surface area contributed by atoms with Crippen LogP contribution in [-0.4, -0.2) is 41.5 Å². The van der Waals surface area contributed by atoms with E-state index < -0.39 is 11.0 Å². The number of amides is 2. The van der Waals surface area contributed by atoms with Crippen LogP contribution >= 0.6 is 0 Å². The lowest BCUT2D eigenvalue weighted by Crippen LogP contribution is -2.46. The van der Waals surface area contributed by atoms with Gasteiger partial charge in [0, 0.05) is 18.7 Å². The number of nitro benzene ring substituents is 1. The Morgan fingerprint density at radius 2 is 1.96 bits per heavy atom. The number of nitro groups is 1. The highest BCUT2D eigenvalue weighted by molar-refractivity contribution is 5.91. The summed E-state index contributed by atoms with van der Waals surface area (Å²) in [6.07, 6.45) is 2.40. The van der Waals surface area contributed by atoms with E-state index in [9.17, 15) is 14.9 Å². The molecule has 1 fully saturated rings. The van der Waals surface area contributed by atoms with Crippen LogP contribution in [0.5, 0.6) is 0 Å². The third-order valence-electron chi connectivity index (χ3n) is 4.20. The van der Waals surface area contributed by atoms with Gasteiger partial charge in [-0.1, -0.05) is 26.0 Å². The first-order chi connectivity index (χ1) is 11.0. The number of para-hydroxylation sites is 2. The molecule has 1 aromatic carbocycles. The Labute approximate surface area is 136 Å². The Morgan fingerprint density at radius 1 is 1.30 bits per heavy atom. The van der Waals surface area contributed by atoms with E-state index in [1.807, 2.05) is 0 Å². The molecule has 2 rings (SSSR count). The third-order valence-corrected chi connectivity index (χ3v) is 4.20. The fraction of sp³-hybridized carbons (Fsp3) is 0.562. The Balaban J connectivity index is 1.93. The molecular formula is C16H24N4O3. The Kier molecular flexibility index (Phi) is 5.92. The van der Waals surface area contributed by atoms with Crippen LogP contribution < -0.4 is 10.6 Å². The van der Waals surface area contributed by atoms with E-state index in [2.05, 4.69) is 29.4 Å². The van der Waals surface area contributed by atoms with E-state index >= 15 is 0 Å². The maximum atomic E-state index is 12.1. The summed E-state index contributed by atoms with van der Waals surface area (Å²) in [7, 11) is 0. The van der Waals surface area contributed by atoms with Gasteiger partial charge in [-0.25, -0.2) is 4.79 Å². The number of hydrogen-bond acceptors (Lipinski definition) is 4. The van der Waals surface area contributed by atoms with Gasteiger partial charge in [-0.3, -0.25) is 15.0 Å². The topological polar surface area (TPSA) is 87.5 Å². The standard InChI is InChI=1S/C16H24N4O3/c1-12(2)15(19-9-5-6-10-19)11-17-16(21)18-13-7-3-4-8-14(13)20(22)23/h3-4,7-8,12,15H,5-6,9-11H2,1-2H3,(H2,17,18,21)/t15-/m0/s1. The second kappa shape index (κ2) is 7.92. The van der Waals surface area contributed by atoms with Gasteiger partial charge in [0.25, 0.3) is 5.69 Å². The van der Waals surface area contributed by atoms with E-state index in [0.717, 1.165) is 13.1 Å². The normalized spacial score (nSPS) is 16.3. The quantitative estimate of drug-likeness (QED) is 0.623. The first-order valence-corrected chi connectivity index (χ1v) is 8.01. The highest BCUT2D eigenvalue weighted by Gasteiger charge is 2.25. The van der Waals surface area contributed by atoms with Crippen LogP contribution in [0, 0.1) is 16.0 Å². The summed E-state index contributed by atoms with van der Waals surface area (Å²) in [6, 6.07) is 6.00. The zero-order valence-corrected chi connectivity index (χ0v) is 13.6. The number of urea groups is 1. The molecule has 1 aromatic rings. The van der Waals surface area contributed by atoms with Crippen molar-refractivity contribution in [3.8, 4) is 0 Å². The van der Waals surface area contributed by atoms with Gasteiger partial charge in [0.15, 0.2) is 0 Å². The molecule has 1 aliphatic rings. The average Bonchev–Trinajstić information content (AvgIpc) is 3.01. The number of benzene rings is 1. The van der Waals surface area contributed by atoms with Crippen LogP contribution in [0.1, 0.15) is 26.7 Å². The van der Waals surface area contributed by atoms with Crippen molar-refractivity contribution >= 4 is 17.4 Å². The van der Waals surface area contributed by atoms with Crippen molar-refractivity contribution in [2.45, 2.75) is 32.7 Å². The molecule has 0 aliphatic carbocycles. The van der Waals surface area contributed by atoms with Crippen LogP contribution in [-0.2, 0) is 0 Å². The molecule has 0 bridgehead atoms. The predicted molar refractivity (Wildman–Crippen MR) is 89.6 cm³/mol. The molecule has 2 amide bonds. The van der Waals surface area contributed by atoms with E-state index in [1.165, 1.54) is 25.0 Å². The molecule has 23 heavy (non-hydrogen) atoms. The number of nitrogens with one attached hydrogen (secondary N) is 2. The summed E-state index contributed by atoms with van der Waals surface area (Å²) in [4.78, 5) is 24.9.